The van der Waals surface area contributed by atoms with Crippen molar-refractivity contribution < 1.29 is 4.79 Å². The van der Waals surface area contributed by atoms with Crippen molar-refractivity contribution in [2.24, 2.45) is 5.73 Å². The molecule has 3 nitrogen and oxygen atoms in total. The molecule has 4 heteroatoms. The molecule has 3 N–H and O–H groups in total. The molecule has 0 fully saturated rings. The van der Waals surface area contributed by atoms with E-state index in [2.05, 4.69) is 12.2 Å². The molecular formula is C10H20N2OS. The summed E-state index contributed by atoms with van der Waals surface area (Å²) in [5, 5.41) is 2.81. The quantitative estimate of drug-likeness (QED) is 0.525. The number of carbonyl (C=O) groups is 1. The Labute approximate surface area is 91.4 Å². The van der Waals surface area contributed by atoms with E-state index in [1.54, 1.807) is 0 Å². The van der Waals surface area contributed by atoms with Crippen LogP contribution in [-0.2, 0) is 4.79 Å². The number of hydrogen-bond donors (Lipinski definition) is 2. The fraction of sp³-hybridized carbons (Fsp3) is 0.800. The zero-order valence-electron chi connectivity index (χ0n) is 9.22. The molecule has 82 valence electrons. The summed E-state index contributed by atoms with van der Waals surface area (Å²) in [4.78, 5) is 11.7. The maximum atomic E-state index is 11.4. The number of amides is 1. The zero-order valence-corrected chi connectivity index (χ0v) is 10.0. The van der Waals surface area contributed by atoms with Crippen LogP contribution in [0.1, 0.15) is 46.5 Å². The summed E-state index contributed by atoms with van der Waals surface area (Å²) in [6.07, 6.45) is 3.68. The Morgan fingerprint density at radius 2 is 2.00 bits per heavy atom. The van der Waals surface area contributed by atoms with Gasteiger partial charge >= 0.3 is 0 Å². The summed E-state index contributed by atoms with van der Waals surface area (Å²) in [6, 6.07) is 0. The van der Waals surface area contributed by atoms with Gasteiger partial charge in [0.25, 0.3) is 0 Å². The smallest absolute Gasteiger partial charge is 0.220 e. The third-order valence-corrected chi connectivity index (χ3v) is 2.59. The molecule has 0 radical (unpaired) electrons. The molecule has 0 aromatic carbocycles. The van der Waals surface area contributed by atoms with Crippen LogP contribution in [0.4, 0.5) is 0 Å². The van der Waals surface area contributed by atoms with Gasteiger partial charge in [-0.25, -0.2) is 0 Å². The second-order valence-electron chi connectivity index (χ2n) is 3.99. The van der Waals surface area contributed by atoms with Crippen molar-refractivity contribution in [2.75, 3.05) is 0 Å². The molecule has 0 atom stereocenters. The second kappa shape index (κ2) is 5.96. The van der Waals surface area contributed by atoms with Gasteiger partial charge in [0.15, 0.2) is 0 Å². The van der Waals surface area contributed by atoms with E-state index >= 15 is 0 Å². The summed E-state index contributed by atoms with van der Waals surface area (Å²) in [5.41, 5.74) is 4.92. The largest absolute Gasteiger partial charge is 0.391 e. The van der Waals surface area contributed by atoms with E-state index in [1.165, 1.54) is 0 Å². The predicted molar refractivity (Wildman–Crippen MR) is 63.1 cm³/mol. The Kier molecular flexibility index (Phi) is 5.69. The Bertz CT molecular complexity index is 214. The van der Waals surface area contributed by atoms with Crippen LogP contribution in [-0.4, -0.2) is 16.4 Å². The van der Waals surface area contributed by atoms with E-state index < -0.39 is 5.54 Å². The lowest BCUT2D eigenvalue weighted by Gasteiger charge is -2.24. The van der Waals surface area contributed by atoms with E-state index in [0.29, 0.717) is 11.4 Å². The lowest BCUT2D eigenvalue weighted by molar-refractivity contribution is -0.122. The summed E-state index contributed by atoms with van der Waals surface area (Å²) < 4.78 is 0. The Hall–Kier alpha value is -0.640. The van der Waals surface area contributed by atoms with Gasteiger partial charge in [0, 0.05) is 6.42 Å². The first kappa shape index (κ1) is 13.4. The van der Waals surface area contributed by atoms with Crippen LogP contribution in [0.25, 0.3) is 0 Å². The maximum Gasteiger partial charge on any atom is 0.220 e. The molecule has 0 rings (SSSR count). The predicted octanol–water partition coefficient (Wildman–Crippen LogP) is 1.75. The number of hydrogen-bond acceptors (Lipinski definition) is 2. The van der Waals surface area contributed by atoms with Gasteiger partial charge in [0.05, 0.1) is 10.5 Å². The summed E-state index contributed by atoms with van der Waals surface area (Å²) in [7, 11) is 0. The van der Waals surface area contributed by atoms with Crippen molar-refractivity contribution in [2.45, 2.75) is 52.0 Å². The molecule has 0 heterocycles. The first-order chi connectivity index (χ1) is 6.40. The molecule has 0 spiro atoms. The van der Waals surface area contributed by atoms with Crippen LogP contribution in [0, 0.1) is 0 Å². The molecule has 1 amide bonds. The van der Waals surface area contributed by atoms with Crippen molar-refractivity contribution in [1.29, 1.82) is 0 Å². The third-order valence-electron chi connectivity index (χ3n) is 2.08. The van der Waals surface area contributed by atoms with Crippen molar-refractivity contribution in [3.8, 4) is 0 Å². The fourth-order valence-corrected chi connectivity index (χ4v) is 1.06. The van der Waals surface area contributed by atoms with Crippen molar-refractivity contribution in [1.82, 2.24) is 5.32 Å². The molecule has 0 aliphatic heterocycles. The Morgan fingerprint density at radius 3 is 2.43 bits per heavy atom. The number of nitrogens with one attached hydrogen (secondary N) is 1. The van der Waals surface area contributed by atoms with Crippen LogP contribution < -0.4 is 11.1 Å². The first-order valence-electron chi connectivity index (χ1n) is 5.01. The average molecular weight is 216 g/mol. The molecule has 0 saturated carbocycles. The van der Waals surface area contributed by atoms with Gasteiger partial charge in [0.2, 0.25) is 5.91 Å². The van der Waals surface area contributed by atoms with Crippen LogP contribution in [0.15, 0.2) is 0 Å². The number of rotatable bonds is 6. The molecule has 0 aromatic heterocycles. The fourth-order valence-electron chi connectivity index (χ4n) is 1.01. The minimum absolute atomic E-state index is 0.0243. The van der Waals surface area contributed by atoms with E-state index in [1.807, 2.05) is 13.8 Å². The zero-order chi connectivity index (χ0) is 11.2. The normalized spacial score (nSPS) is 11.1. The van der Waals surface area contributed by atoms with Gasteiger partial charge in [0.1, 0.15) is 0 Å². The third kappa shape index (κ3) is 5.17. The SMILES string of the molecule is CCCCCC(=O)NC(C)(C)C(N)=S. The molecule has 0 aromatic rings. The average Bonchev–Trinajstić information content (AvgIpc) is 2.03. The van der Waals surface area contributed by atoms with Gasteiger partial charge in [-0.3, -0.25) is 4.79 Å². The highest BCUT2D eigenvalue weighted by atomic mass is 32.1. The van der Waals surface area contributed by atoms with Gasteiger partial charge < -0.3 is 11.1 Å². The van der Waals surface area contributed by atoms with Crippen LogP contribution in [0.5, 0.6) is 0 Å². The van der Waals surface area contributed by atoms with Crippen molar-refractivity contribution in [3.63, 3.8) is 0 Å². The highest BCUT2D eigenvalue weighted by Gasteiger charge is 2.22. The molecule has 14 heavy (non-hydrogen) atoms. The van der Waals surface area contributed by atoms with E-state index in [0.717, 1.165) is 19.3 Å². The maximum absolute atomic E-state index is 11.4. The minimum Gasteiger partial charge on any atom is -0.391 e. The summed E-state index contributed by atoms with van der Waals surface area (Å²) >= 11 is 4.85. The molecule has 0 unspecified atom stereocenters. The molecule has 0 bridgehead atoms. The number of unbranched alkanes of at least 4 members (excludes halogenated alkanes) is 2. The highest BCUT2D eigenvalue weighted by Crippen LogP contribution is 2.05. The summed E-state index contributed by atoms with van der Waals surface area (Å²) in [5.74, 6) is 0.0243. The summed E-state index contributed by atoms with van der Waals surface area (Å²) in [6.45, 7) is 5.73. The van der Waals surface area contributed by atoms with Crippen LogP contribution in [0.2, 0.25) is 0 Å². The van der Waals surface area contributed by atoms with E-state index in [9.17, 15) is 4.79 Å². The molecule has 0 saturated heterocycles. The van der Waals surface area contributed by atoms with Gasteiger partial charge in [-0.15, -0.1) is 0 Å². The number of nitrogens with two attached hydrogens (primary N) is 1. The van der Waals surface area contributed by atoms with Crippen LogP contribution in [0.3, 0.4) is 0 Å². The lowest BCUT2D eigenvalue weighted by atomic mass is 10.1. The van der Waals surface area contributed by atoms with Crippen molar-refractivity contribution >= 4 is 23.1 Å². The highest BCUT2D eigenvalue weighted by molar-refractivity contribution is 7.80. The molecule has 0 aliphatic carbocycles. The second-order valence-corrected chi connectivity index (χ2v) is 4.43. The Morgan fingerprint density at radius 1 is 1.43 bits per heavy atom. The molecular weight excluding hydrogens is 196 g/mol. The van der Waals surface area contributed by atoms with Gasteiger partial charge in [-0.2, -0.15) is 0 Å². The van der Waals surface area contributed by atoms with Gasteiger partial charge in [-0.05, 0) is 20.3 Å². The Balaban J connectivity index is 3.88. The number of thiocarbonyl (C=S) groups is 1. The molecule has 0 aliphatic rings. The van der Waals surface area contributed by atoms with E-state index in [4.69, 9.17) is 18.0 Å². The first-order valence-corrected chi connectivity index (χ1v) is 5.42. The van der Waals surface area contributed by atoms with Crippen LogP contribution >= 0.6 is 12.2 Å². The standard InChI is InChI=1S/C10H20N2OS/c1-4-5-6-7-8(13)12-10(2,3)9(11)14/h4-7H2,1-3H3,(H2,11,14)(H,12,13). The van der Waals surface area contributed by atoms with E-state index in [-0.39, 0.29) is 5.91 Å². The van der Waals surface area contributed by atoms with Gasteiger partial charge in [-0.1, -0.05) is 32.0 Å². The number of carbonyl (C=O) groups excluding carboxylic acids is 1. The topological polar surface area (TPSA) is 55.1 Å². The van der Waals surface area contributed by atoms with Crippen molar-refractivity contribution in [3.05, 3.63) is 0 Å². The lowest BCUT2D eigenvalue weighted by Crippen LogP contribution is -2.52. The monoisotopic (exact) mass is 216 g/mol. The minimum atomic E-state index is -0.571.